The van der Waals surface area contributed by atoms with Gasteiger partial charge in [-0.05, 0) is 42.7 Å². The molecule has 1 aliphatic rings. The van der Waals surface area contributed by atoms with Crippen molar-refractivity contribution in [2.24, 2.45) is 0 Å². The number of rotatable bonds is 3. The molecular weight excluding hydrogens is 333 g/mol. The monoisotopic (exact) mass is 355 g/mol. The Balaban J connectivity index is 1.69. The normalized spacial score (nSPS) is 14.8. The average molecular weight is 355 g/mol. The number of benzene rings is 1. The van der Waals surface area contributed by atoms with Gasteiger partial charge >= 0.3 is 0 Å². The number of hydrogen-bond acceptors (Lipinski definition) is 3. The molecule has 0 saturated carbocycles. The van der Waals surface area contributed by atoms with E-state index in [2.05, 4.69) is 4.98 Å². The van der Waals surface area contributed by atoms with Gasteiger partial charge in [-0.15, -0.1) is 0 Å². The van der Waals surface area contributed by atoms with Crippen LogP contribution in [0.1, 0.15) is 39.8 Å². The Hall–Kier alpha value is -2.76. The molecule has 0 spiro atoms. The van der Waals surface area contributed by atoms with Gasteiger partial charge in [-0.1, -0.05) is 19.1 Å². The molecule has 0 bridgehead atoms. The van der Waals surface area contributed by atoms with Crippen LogP contribution in [0.5, 0.6) is 0 Å². The molecule has 26 heavy (non-hydrogen) atoms. The highest BCUT2D eigenvalue weighted by Crippen LogP contribution is 2.14. The summed E-state index contributed by atoms with van der Waals surface area (Å²) in [6, 6.07) is 9.70. The molecule has 1 aromatic carbocycles. The molecule has 3 rings (SSSR count). The van der Waals surface area contributed by atoms with Crippen molar-refractivity contribution in [3.05, 3.63) is 65.2 Å². The van der Waals surface area contributed by atoms with Crippen molar-refractivity contribution < 1.29 is 14.0 Å². The second kappa shape index (κ2) is 8.08. The summed E-state index contributed by atoms with van der Waals surface area (Å²) in [5, 5.41) is 0. The number of aromatic nitrogens is 1. The summed E-state index contributed by atoms with van der Waals surface area (Å²) in [6.07, 6.45) is 3.14. The highest BCUT2D eigenvalue weighted by Gasteiger charge is 2.25. The number of hydrogen-bond donors (Lipinski definition) is 0. The Morgan fingerprint density at radius 2 is 1.73 bits per heavy atom. The molecule has 1 fully saturated rings. The number of amides is 2. The van der Waals surface area contributed by atoms with E-state index in [0.717, 1.165) is 12.0 Å². The maximum absolute atomic E-state index is 13.9. The number of nitrogens with zero attached hydrogens (tertiary/aromatic N) is 3. The smallest absolute Gasteiger partial charge is 0.272 e. The molecule has 1 saturated heterocycles. The summed E-state index contributed by atoms with van der Waals surface area (Å²) in [7, 11) is 0. The molecule has 6 heteroatoms. The molecule has 1 aromatic heterocycles. The summed E-state index contributed by atoms with van der Waals surface area (Å²) in [5.74, 6) is -0.973. The Morgan fingerprint density at radius 1 is 1.04 bits per heavy atom. The highest BCUT2D eigenvalue weighted by atomic mass is 19.1. The van der Waals surface area contributed by atoms with Gasteiger partial charge in [0.2, 0.25) is 0 Å². The largest absolute Gasteiger partial charge is 0.337 e. The van der Waals surface area contributed by atoms with E-state index < -0.39 is 5.82 Å². The van der Waals surface area contributed by atoms with Crippen molar-refractivity contribution in [1.29, 1.82) is 0 Å². The molecule has 0 atom stereocenters. The van der Waals surface area contributed by atoms with Crippen molar-refractivity contribution in [2.75, 3.05) is 26.2 Å². The Morgan fingerprint density at radius 3 is 2.42 bits per heavy atom. The van der Waals surface area contributed by atoms with Crippen LogP contribution >= 0.6 is 0 Å². The van der Waals surface area contributed by atoms with E-state index in [0.29, 0.717) is 38.3 Å². The zero-order valence-electron chi connectivity index (χ0n) is 14.8. The first kappa shape index (κ1) is 18.0. The first-order valence-corrected chi connectivity index (χ1v) is 8.88. The lowest BCUT2D eigenvalue weighted by Crippen LogP contribution is -2.37. The highest BCUT2D eigenvalue weighted by molar-refractivity contribution is 5.95. The fourth-order valence-corrected chi connectivity index (χ4v) is 3.10. The summed E-state index contributed by atoms with van der Waals surface area (Å²) in [6.45, 7) is 3.88. The van der Waals surface area contributed by atoms with Gasteiger partial charge in [0.1, 0.15) is 11.5 Å². The SMILES string of the molecule is CCc1ccnc(C(=O)N2CCCN(C(=O)c3ccccc3F)CC2)c1. The predicted molar refractivity (Wildman–Crippen MR) is 96.4 cm³/mol. The van der Waals surface area contributed by atoms with Crippen LogP contribution in [0.2, 0.25) is 0 Å². The van der Waals surface area contributed by atoms with E-state index in [1.807, 2.05) is 19.1 Å². The molecule has 2 aromatic rings. The minimum atomic E-state index is -0.518. The number of aryl methyl sites for hydroxylation is 1. The zero-order valence-corrected chi connectivity index (χ0v) is 14.8. The molecule has 2 heterocycles. The van der Waals surface area contributed by atoms with Gasteiger partial charge in [0, 0.05) is 32.4 Å². The fourth-order valence-electron chi connectivity index (χ4n) is 3.10. The number of carbonyl (C=O) groups excluding carboxylic acids is 2. The third-order valence-electron chi connectivity index (χ3n) is 4.63. The molecule has 136 valence electrons. The molecular formula is C20H22FN3O2. The van der Waals surface area contributed by atoms with E-state index in [1.165, 1.54) is 12.1 Å². The number of carbonyl (C=O) groups is 2. The molecule has 0 unspecified atom stereocenters. The second-order valence-electron chi connectivity index (χ2n) is 6.32. The maximum Gasteiger partial charge on any atom is 0.272 e. The third-order valence-corrected chi connectivity index (χ3v) is 4.63. The van der Waals surface area contributed by atoms with Crippen molar-refractivity contribution in [3.8, 4) is 0 Å². The van der Waals surface area contributed by atoms with Gasteiger partial charge < -0.3 is 9.80 Å². The molecule has 1 aliphatic heterocycles. The molecule has 0 aliphatic carbocycles. The van der Waals surface area contributed by atoms with Gasteiger partial charge in [-0.3, -0.25) is 14.6 Å². The lowest BCUT2D eigenvalue weighted by atomic mass is 10.1. The summed E-state index contributed by atoms with van der Waals surface area (Å²) >= 11 is 0. The van der Waals surface area contributed by atoms with Crippen LogP contribution in [0.3, 0.4) is 0 Å². The molecule has 0 N–H and O–H groups in total. The van der Waals surface area contributed by atoms with Crippen LogP contribution in [0, 0.1) is 5.82 Å². The van der Waals surface area contributed by atoms with E-state index in [9.17, 15) is 14.0 Å². The standard InChI is InChI=1S/C20H22FN3O2/c1-2-15-8-9-22-18(14-15)20(26)24-11-5-10-23(12-13-24)19(25)16-6-3-4-7-17(16)21/h3-4,6-9,14H,2,5,10-13H2,1H3. The quantitative estimate of drug-likeness (QED) is 0.851. The van der Waals surface area contributed by atoms with Crippen LogP contribution < -0.4 is 0 Å². The molecule has 0 radical (unpaired) electrons. The number of pyridine rings is 1. The van der Waals surface area contributed by atoms with Crippen molar-refractivity contribution in [2.45, 2.75) is 19.8 Å². The van der Waals surface area contributed by atoms with Crippen LogP contribution in [-0.2, 0) is 6.42 Å². The van der Waals surface area contributed by atoms with Gasteiger partial charge in [0.15, 0.2) is 0 Å². The van der Waals surface area contributed by atoms with Gasteiger partial charge in [-0.2, -0.15) is 0 Å². The molecule has 2 amide bonds. The Labute approximate surface area is 152 Å². The lowest BCUT2D eigenvalue weighted by Gasteiger charge is -2.22. The first-order valence-electron chi connectivity index (χ1n) is 8.88. The average Bonchev–Trinajstić information content (AvgIpc) is 2.93. The summed E-state index contributed by atoms with van der Waals surface area (Å²) < 4.78 is 13.9. The van der Waals surface area contributed by atoms with E-state index in [-0.39, 0.29) is 17.4 Å². The minimum absolute atomic E-state index is 0.0737. The summed E-state index contributed by atoms with van der Waals surface area (Å²) in [4.78, 5) is 32.8. The minimum Gasteiger partial charge on any atom is -0.337 e. The van der Waals surface area contributed by atoms with Crippen LogP contribution in [-0.4, -0.2) is 52.8 Å². The van der Waals surface area contributed by atoms with E-state index in [1.54, 1.807) is 28.1 Å². The summed E-state index contributed by atoms with van der Waals surface area (Å²) in [5.41, 5.74) is 1.57. The third kappa shape index (κ3) is 3.90. The van der Waals surface area contributed by atoms with Crippen molar-refractivity contribution in [3.63, 3.8) is 0 Å². The second-order valence-corrected chi connectivity index (χ2v) is 6.32. The van der Waals surface area contributed by atoms with Crippen LogP contribution in [0.25, 0.3) is 0 Å². The zero-order chi connectivity index (χ0) is 18.5. The van der Waals surface area contributed by atoms with Crippen LogP contribution in [0.15, 0.2) is 42.6 Å². The van der Waals surface area contributed by atoms with Gasteiger partial charge in [-0.25, -0.2) is 4.39 Å². The molecule has 5 nitrogen and oxygen atoms in total. The van der Waals surface area contributed by atoms with Crippen molar-refractivity contribution >= 4 is 11.8 Å². The van der Waals surface area contributed by atoms with Crippen LogP contribution in [0.4, 0.5) is 4.39 Å². The predicted octanol–water partition coefficient (Wildman–Crippen LogP) is 2.77. The van der Waals surface area contributed by atoms with Gasteiger partial charge in [0.05, 0.1) is 5.56 Å². The fraction of sp³-hybridized carbons (Fsp3) is 0.350. The lowest BCUT2D eigenvalue weighted by molar-refractivity contribution is 0.0713. The van der Waals surface area contributed by atoms with Crippen molar-refractivity contribution in [1.82, 2.24) is 14.8 Å². The topological polar surface area (TPSA) is 53.5 Å². The number of halogens is 1. The Bertz CT molecular complexity index is 809. The van der Waals surface area contributed by atoms with E-state index in [4.69, 9.17) is 0 Å². The Kier molecular flexibility index (Phi) is 5.61. The maximum atomic E-state index is 13.9. The van der Waals surface area contributed by atoms with E-state index >= 15 is 0 Å². The first-order chi connectivity index (χ1) is 12.6. The van der Waals surface area contributed by atoms with Gasteiger partial charge in [0.25, 0.3) is 11.8 Å².